The zero-order chi connectivity index (χ0) is 19.8. The van der Waals surface area contributed by atoms with Gasteiger partial charge in [0.2, 0.25) is 5.56 Å². The van der Waals surface area contributed by atoms with Crippen LogP contribution in [0.2, 0.25) is 0 Å². The van der Waals surface area contributed by atoms with Gasteiger partial charge >= 0.3 is 0 Å². The van der Waals surface area contributed by atoms with E-state index < -0.39 is 17.5 Å². The number of nitrogens with zero attached hydrogens (tertiary/aromatic N) is 1. The van der Waals surface area contributed by atoms with E-state index in [1.165, 1.54) is 23.5 Å². The summed E-state index contributed by atoms with van der Waals surface area (Å²) < 4.78 is 26.7. The Morgan fingerprint density at radius 3 is 2.68 bits per heavy atom. The molecule has 0 aliphatic rings. The second-order valence-electron chi connectivity index (χ2n) is 6.10. The maximum atomic E-state index is 13.5. The molecule has 2 heterocycles. The molecule has 4 rings (SSSR count). The van der Waals surface area contributed by atoms with Crippen LogP contribution in [0.25, 0.3) is 22.2 Å². The molecule has 4 aromatic rings. The number of hydrogen-bond acceptors (Lipinski definition) is 4. The third kappa shape index (κ3) is 3.29. The zero-order valence-corrected chi connectivity index (χ0v) is 15.4. The molecule has 5 nitrogen and oxygen atoms in total. The number of H-pyrrole nitrogens is 1. The molecule has 0 radical (unpaired) electrons. The average Bonchev–Trinajstić information content (AvgIpc) is 3.03. The van der Waals surface area contributed by atoms with Crippen LogP contribution in [0.15, 0.2) is 53.3 Å². The number of nitrogens with one attached hydrogen (secondary N) is 2. The Bertz CT molecular complexity index is 1280. The fourth-order valence-corrected chi connectivity index (χ4v) is 3.75. The summed E-state index contributed by atoms with van der Waals surface area (Å²) in [5.74, 6) is -2.38. The largest absolute Gasteiger partial charge is 0.322 e. The smallest absolute Gasteiger partial charge is 0.258 e. The van der Waals surface area contributed by atoms with Gasteiger partial charge in [0.25, 0.3) is 5.91 Å². The van der Waals surface area contributed by atoms with E-state index in [1.807, 2.05) is 0 Å². The van der Waals surface area contributed by atoms with Crippen molar-refractivity contribution in [2.24, 2.45) is 0 Å². The number of thiazole rings is 1. The highest BCUT2D eigenvalue weighted by Crippen LogP contribution is 2.31. The van der Waals surface area contributed by atoms with E-state index in [0.29, 0.717) is 27.3 Å². The highest BCUT2D eigenvalue weighted by molar-refractivity contribution is 7.16. The first-order valence-electron chi connectivity index (χ1n) is 8.28. The standard InChI is InChI=1S/C20H13F2N3O2S/c1-10-18(11-6-7-14(21)15(22)8-11)24-20(28-10)25-19(27)13-9-17(26)23-16-5-3-2-4-12(13)16/h2-9H,1H3,(H,23,26)(H,24,25,27). The minimum Gasteiger partial charge on any atom is -0.322 e. The molecule has 0 bridgehead atoms. The van der Waals surface area contributed by atoms with Crippen molar-refractivity contribution in [1.29, 1.82) is 0 Å². The molecule has 2 N–H and O–H groups in total. The van der Waals surface area contributed by atoms with Crippen molar-refractivity contribution in [2.45, 2.75) is 6.92 Å². The van der Waals surface area contributed by atoms with Crippen LogP contribution in [0.5, 0.6) is 0 Å². The molecule has 28 heavy (non-hydrogen) atoms. The van der Waals surface area contributed by atoms with Crippen LogP contribution in [-0.2, 0) is 0 Å². The van der Waals surface area contributed by atoms with Gasteiger partial charge in [0.05, 0.1) is 11.3 Å². The topological polar surface area (TPSA) is 74.8 Å². The first kappa shape index (κ1) is 18.0. The highest BCUT2D eigenvalue weighted by Gasteiger charge is 2.16. The lowest BCUT2D eigenvalue weighted by Crippen LogP contribution is -2.16. The summed E-state index contributed by atoms with van der Waals surface area (Å²) in [7, 11) is 0. The lowest BCUT2D eigenvalue weighted by molar-refractivity contribution is 0.102. The zero-order valence-electron chi connectivity index (χ0n) is 14.5. The Balaban J connectivity index is 1.68. The Labute approximate surface area is 161 Å². The van der Waals surface area contributed by atoms with Crippen molar-refractivity contribution in [3.05, 3.63) is 81.0 Å². The summed E-state index contributed by atoms with van der Waals surface area (Å²) in [5.41, 5.74) is 1.26. The quantitative estimate of drug-likeness (QED) is 0.535. The molecule has 0 atom stereocenters. The molecular weight excluding hydrogens is 384 g/mol. The fraction of sp³-hybridized carbons (Fsp3) is 0.0500. The van der Waals surface area contributed by atoms with Crippen molar-refractivity contribution >= 4 is 33.3 Å². The second-order valence-corrected chi connectivity index (χ2v) is 7.30. The summed E-state index contributed by atoms with van der Waals surface area (Å²) in [6.45, 7) is 1.77. The Morgan fingerprint density at radius 1 is 1.11 bits per heavy atom. The van der Waals surface area contributed by atoms with Gasteiger partial charge < -0.3 is 4.98 Å². The van der Waals surface area contributed by atoms with Crippen LogP contribution in [-0.4, -0.2) is 15.9 Å². The first-order chi connectivity index (χ1) is 13.4. The Kier molecular flexibility index (Phi) is 4.48. The lowest BCUT2D eigenvalue weighted by Gasteiger charge is -2.05. The second kappa shape index (κ2) is 6.97. The predicted molar refractivity (Wildman–Crippen MR) is 105 cm³/mol. The van der Waals surface area contributed by atoms with Gasteiger partial charge in [-0.2, -0.15) is 0 Å². The number of halogens is 2. The molecule has 2 aromatic heterocycles. The SMILES string of the molecule is Cc1sc(NC(=O)c2cc(=O)[nH]c3ccccc23)nc1-c1ccc(F)c(F)c1. The number of anilines is 1. The third-order valence-corrected chi connectivity index (χ3v) is 5.09. The van der Waals surface area contributed by atoms with Gasteiger partial charge in [-0.05, 0) is 31.2 Å². The number of fused-ring (bicyclic) bond motifs is 1. The van der Waals surface area contributed by atoms with Gasteiger partial charge in [0.15, 0.2) is 16.8 Å². The Morgan fingerprint density at radius 2 is 1.89 bits per heavy atom. The summed E-state index contributed by atoms with van der Waals surface area (Å²) in [4.78, 5) is 32.3. The number of benzene rings is 2. The number of aromatic amines is 1. The summed E-state index contributed by atoms with van der Waals surface area (Å²) in [6, 6.07) is 11.7. The van der Waals surface area contributed by atoms with E-state index in [-0.39, 0.29) is 11.1 Å². The fourth-order valence-electron chi connectivity index (χ4n) is 2.92. The van der Waals surface area contributed by atoms with Crippen LogP contribution in [0.4, 0.5) is 13.9 Å². The molecule has 0 unspecified atom stereocenters. The number of pyridine rings is 1. The number of para-hydroxylation sites is 1. The van der Waals surface area contributed by atoms with E-state index in [9.17, 15) is 18.4 Å². The van der Waals surface area contributed by atoms with Gasteiger partial charge in [0.1, 0.15) is 0 Å². The van der Waals surface area contributed by atoms with E-state index in [2.05, 4.69) is 15.3 Å². The molecule has 2 aromatic carbocycles. The third-order valence-electron chi connectivity index (χ3n) is 4.21. The Hall–Kier alpha value is -3.39. The van der Waals surface area contributed by atoms with Crippen molar-refractivity contribution in [3.63, 3.8) is 0 Å². The van der Waals surface area contributed by atoms with Gasteiger partial charge in [-0.25, -0.2) is 13.8 Å². The molecule has 0 spiro atoms. The number of aromatic nitrogens is 2. The number of aryl methyl sites for hydroxylation is 1. The van der Waals surface area contributed by atoms with Crippen molar-refractivity contribution < 1.29 is 13.6 Å². The minimum absolute atomic E-state index is 0.224. The van der Waals surface area contributed by atoms with Crippen LogP contribution in [0.1, 0.15) is 15.2 Å². The number of carbonyl (C=O) groups excluding carboxylic acids is 1. The minimum atomic E-state index is -0.967. The van der Waals surface area contributed by atoms with Crippen molar-refractivity contribution in [1.82, 2.24) is 9.97 Å². The average molecular weight is 397 g/mol. The molecule has 0 saturated carbocycles. The normalized spacial score (nSPS) is 11.0. The molecule has 0 fully saturated rings. The molecule has 0 aliphatic carbocycles. The lowest BCUT2D eigenvalue weighted by atomic mass is 10.1. The van der Waals surface area contributed by atoms with E-state index in [1.54, 1.807) is 31.2 Å². The predicted octanol–water partition coefficient (Wildman–Crippen LogP) is 4.49. The van der Waals surface area contributed by atoms with Crippen molar-refractivity contribution in [3.8, 4) is 11.3 Å². The van der Waals surface area contributed by atoms with E-state index in [0.717, 1.165) is 17.0 Å². The van der Waals surface area contributed by atoms with Crippen molar-refractivity contribution in [2.75, 3.05) is 5.32 Å². The summed E-state index contributed by atoms with van der Waals surface area (Å²) in [6.07, 6.45) is 0. The number of hydrogen-bond donors (Lipinski definition) is 2. The molecular formula is C20H13F2N3O2S. The number of amides is 1. The number of rotatable bonds is 3. The monoisotopic (exact) mass is 397 g/mol. The van der Waals surface area contributed by atoms with Gasteiger partial charge in [0, 0.05) is 27.4 Å². The molecule has 1 amide bonds. The van der Waals surface area contributed by atoms with Gasteiger partial charge in [-0.3, -0.25) is 14.9 Å². The van der Waals surface area contributed by atoms with E-state index in [4.69, 9.17) is 0 Å². The highest BCUT2D eigenvalue weighted by atomic mass is 32.1. The van der Waals surface area contributed by atoms with Crippen LogP contribution < -0.4 is 10.9 Å². The summed E-state index contributed by atoms with van der Waals surface area (Å²) >= 11 is 1.21. The first-order valence-corrected chi connectivity index (χ1v) is 9.10. The molecule has 0 aliphatic heterocycles. The molecule has 140 valence electrons. The maximum Gasteiger partial charge on any atom is 0.258 e. The summed E-state index contributed by atoms with van der Waals surface area (Å²) in [5, 5.41) is 3.59. The molecule has 0 saturated heterocycles. The maximum absolute atomic E-state index is 13.5. The van der Waals surface area contributed by atoms with Gasteiger partial charge in [-0.15, -0.1) is 11.3 Å². The van der Waals surface area contributed by atoms with Crippen LogP contribution in [0.3, 0.4) is 0 Å². The van der Waals surface area contributed by atoms with Crippen LogP contribution in [0, 0.1) is 18.6 Å². The van der Waals surface area contributed by atoms with Crippen LogP contribution >= 0.6 is 11.3 Å². The number of carbonyl (C=O) groups is 1. The molecule has 8 heteroatoms. The van der Waals surface area contributed by atoms with E-state index >= 15 is 0 Å². The van der Waals surface area contributed by atoms with Gasteiger partial charge in [-0.1, -0.05) is 18.2 Å².